The first kappa shape index (κ1) is 15.8. The maximum Gasteiger partial charge on any atom is 0.332 e. The van der Waals surface area contributed by atoms with E-state index >= 15 is 0 Å². The molecule has 4 rings (SSSR count). The van der Waals surface area contributed by atoms with Gasteiger partial charge in [-0.15, -0.1) is 0 Å². The number of rotatable bonds is 2. The molecule has 0 spiro atoms. The molecular formula is C18H15BrN4O2. The summed E-state index contributed by atoms with van der Waals surface area (Å²) in [7, 11) is 3.11. The number of hydrogen-bond acceptors (Lipinski definition) is 3. The summed E-state index contributed by atoms with van der Waals surface area (Å²) in [5.74, 6) is 0. The zero-order valence-corrected chi connectivity index (χ0v) is 15.3. The molecule has 0 unspecified atom stereocenters. The van der Waals surface area contributed by atoms with Crippen molar-refractivity contribution >= 4 is 37.9 Å². The minimum absolute atomic E-state index is 0.275. The Hall–Kier alpha value is -2.67. The highest BCUT2D eigenvalue weighted by Gasteiger charge is 2.18. The van der Waals surface area contributed by atoms with Crippen LogP contribution in [-0.4, -0.2) is 18.7 Å². The first-order valence-corrected chi connectivity index (χ1v) is 8.56. The predicted molar refractivity (Wildman–Crippen MR) is 101 cm³/mol. The van der Waals surface area contributed by atoms with Crippen molar-refractivity contribution in [3.8, 4) is 0 Å². The number of hydrogen-bond donors (Lipinski definition) is 0. The lowest BCUT2D eigenvalue weighted by atomic mass is 10.0. The number of imidazole rings is 1. The summed E-state index contributed by atoms with van der Waals surface area (Å²) in [4.78, 5) is 29.0. The number of fused-ring (bicyclic) bond motifs is 2. The minimum atomic E-state index is -0.393. The van der Waals surface area contributed by atoms with Crippen LogP contribution in [0.1, 0.15) is 5.56 Å². The number of aromatic nitrogens is 4. The number of benzene rings is 2. The quantitative estimate of drug-likeness (QED) is 0.487. The van der Waals surface area contributed by atoms with Crippen LogP contribution in [0.15, 0.2) is 56.8 Å². The van der Waals surface area contributed by atoms with Crippen molar-refractivity contribution < 1.29 is 0 Å². The third-order valence-electron chi connectivity index (χ3n) is 4.50. The van der Waals surface area contributed by atoms with Gasteiger partial charge in [0.1, 0.15) is 0 Å². The third-order valence-corrected chi connectivity index (χ3v) is 5.11. The molecular weight excluding hydrogens is 384 g/mol. The topological polar surface area (TPSA) is 61.8 Å². The van der Waals surface area contributed by atoms with Gasteiger partial charge in [-0.05, 0) is 32.3 Å². The van der Waals surface area contributed by atoms with Crippen LogP contribution in [-0.2, 0) is 20.6 Å². The Bertz CT molecular complexity index is 1240. The standard InChI is InChI=1S/C18H15BrN4O2/c1-21-15-14(16(24)22(2)18(21)25)20-17(19)23(15)10-12-8-5-7-11-6-3-4-9-13(11)12/h3-9H,10H2,1-2H3. The van der Waals surface area contributed by atoms with Gasteiger partial charge in [0, 0.05) is 14.1 Å². The van der Waals surface area contributed by atoms with Gasteiger partial charge in [0.15, 0.2) is 15.9 Å². The zero-order valence-electron chi connectivity index (χ0n) is 13.7. The Labute approximate surface area is 151 Å². The first-order valence-electron chi connectivity index (χ1n) is 7.77. The van der Waals surface area contributed by atoms with Gasteiger partial charge in [0.25, 0.3) is 5.56 Å². The highest BCUT2D eigenvalue weighted by atomic mass is 79.9. The molecule has 0 saturated heterocycles. The van der Waals surface area contributed by atoms with Gasteiger partial charge in [-0.2, -0.15) is 0 Å². The second-order valence-electron chi connectivity index (χ2n) is 5.98. The summed E-state index contributed by atoms with van der Waals surface area (Å²) in [6.45, 7) is 0.499. The highest BCUT2D eigenvalue weighted by Crippen LogP contribution is 2.23. The van der Waals surface area contributed by atoms with Crippen LogP contribution in [0.3, 0.4) is 0 Å². The average molecular weight is 399 g/mol. The SMILES string of the molecule is Cn1c(=O)c2nc(Br)n(Cc3cccc4ccccc34)c2n(C)c1=O. The first-order chi connectivity index (χ1) is 12.0. The van der Waals surface area contributed by atoms with E-state index in [9.17, 15) is 9.59 Å². The molecule has 0 amide bonds. The van der Waals surface area contributed by atoms with E-state index in [-0.39, 0.29) is 11.2 Å². The van der Waals surface area contributed by atoms with Gasteiger partial charge < -0.3 is 0 Å². The molecule has 0 atom stereocenters. The van der Waals surface area contributed by atoms with Crippen molar-refractivity contribution in [1.82, 2.24) is 18.7 Å². The van der Waals surface area contributed by atoms with Crippen LogP contribution >= 0.6 is 15.9 Å². The third kappa shape index (κ3) is 2.34. The average Bonchev–Trinajstić information content (AvgIpc) is 2.95. The van der Waals surface area contributed by atoms with Crippen molar-refractivity contribution in [3.63, 3.8) is 0 Å². The summed E-state index contributed by atoms with van der Waals surface area (Å²) >= 11 is 3.44. The largest absolute Gasteiger partial charge is 0.332 e. The van der Waals surface area contributed by atoms with Crippen LogP contribution in [0.4, 0.5) is 0 Å². The molecule has 0 aliphatic rings. The molecule has 7 heteroatoms. The number of nitrogens with zero attached hydrogens (tertiary/aromatic N) is 4. The number of halogens is 1. The molecule has 4 aromatic rings. The van der Waals surface area contributed by atoms with Crippen LogP contribution < -0.4 is 11.2 Å². The molecule has 2 heterocycles. The molecule has 126 valence electrons. The van der Waals surface area contributed by atoms with Gasteiger partial charge in [-0.3, -0.25) is 18.5 Å². The lowest BCUT2D eigenvalue weighted by molar-refractivity contribution is 0.686. The van der Waals surface area contributed by atoms with E-state index in [0.717, 1.165) is 20.9 Å². The monoisotopic (exact) mass is 398 g/mol. The molecule has 2 aromatic heterocycles. The van der Waals surface area contributed by atoms with Crippen molar-refractivity contribution in [2.45, 2.75) is 6.54 Å². The summed E-state index contributed by atoms with van der Waals surface area (Å²) in [5, 5.41) is 2.28. The van der Waals surface area contributed by atoms with E-state index in [1.807, 2.05) is 28.8 Å². The Morgan fingerprint density at radius 1 is 1.00 bits per heavy atom. The fraction of sp³-hybridized carbons (Fsp3) is 0.167. The molecule has 0 bridgehead atoms. The Morgan fingerprint density at radius 2 is 1.72 bits per heavy atom. The van der Waals surface area contributed by atoms with Gasteiger partial charge in [0.2, 0.25) is 0 Å². The lowest BCUT2D eigenvalue weighted by Gasteiger charge is -2.11. The van der Waals surface area contributed by atoms with Crippen LogP contribution in [0, 0.1) is 0 Å². The summed E-state index contributed by atoms with van der Waals surface area (Å²) in [6, 6.07) is 14.2. The Balaban J connectivity index is 2.00. The molecule has 0 aliphatic carbocycles. The predicted octanol–water partition coefficient (Wildman–Crippen LogP) is 2.40. The lowest BCUT2D eigenvalue weighted by Crippen LogP contribution is -2.37. The minimum Gasteiger partial charge on any atom is -0.300 e. The van der Waals surface area contributed by atoms with E-state index in [1.54, 1.807) is 7.05 Å². The molecule has 0 aliphatic heterocycles. The van der Waals surface area contributed by atoms with Gasteiger partial charge >= 0.3 is 5.69 Å². The zero-order chi connectivity index (χ0) is 17.7. The van der Waals surface area contributed by atoms with Crippen molar-refractivity contribution in [2.24, 2.45) is 14.1 Å². The summed E-state index contributed by atoms with van der Waals surface area (Å²) in [5.41, 5.74) is 1.11. The van der Waals surface area contributed by atoms with E-state index < -0.39 is 5.56 Å². The van der Waals surface area contributed by atoms with Crippen LogP contribution in [0.2, 0.25) is 0 Å². The van der Waals surface area contributed by atoms with E-state index in [2.05, 4.69) is 39.1 Å². The van der Waals surface area contributed by atoms with Crippen molar-refractivity contribution in [3.05, 3.63) is 73.6 Å². The smallest absolute Gasteiger partial charge is 0.300 e. The molecule has 25 heavy (non-hydrogen) atoms. The molecule has 0 saturated carbocycles. The van der Waals surface area contributed by atoms with Crippen LogP contribution in [0.25, 0.3) is 21.9 Å². The fourth-order valence-corrected chi connectivity index (χ4v) is 3.67. The van der Waals surface area contributed by atoms with Gasteiger partial charge in [-0.25, -0.2) is 9.78 Å². The van der Waals surface area contributed by atoms with Crippen LogP contribution in [0.5, 0.6) is 0 Å². The number of aryl methyl sites for hydroxylation is 1. The summed E-state index contributed by atoms with van der Waals surface area (Å²) < 4.78 is 4.90. The van der Waals surface area contributed by atoms with E-state index in [0.29, 0.717) is 16.9 Å². The second kappa shape index (κ2) is 5.70. The summed E-state index contributed by atoms with van der Waals surface area (Å²) in [6.07, 6.45) is 0. The van der Waals surface area contributed by atoms with E-state index in [4.69, 9.17) is 0 Å². The molecule has 0 fully saturated rings. The molecule has 6 nitrogen and oxygen atoms in total. The maximum atomic E-state index is 12.4. The van der Waals surface area contributed by atoms with Crippen molar-refractivity contribution in [1.29, 1.82) is 0 Å². The Kier molecular flexibility index (Phi) is 3.61. The normalized spacial score (nSPS) is 11.5. The fourth-order valence-electron chi connectivity index (χ4n) is 3.20. The second-order valence-corrected chi connectivity index (χ2v) is 6.69. The highest BCUT2D eigenvalue weighted by molar-refractivity contribution is 9.10. The maximum absolute atomic E-state index is 12.4. The Morgan fingerprint density at radius 3 is 2.52 bits per heavy atom. The van der Waals surface area contributed by atoms with Gasteiger partial charge in [0.05, 0.1) is 6.54 Å². The molecule has 0 radical (unpaired) electrons. The van der Waals surface area contributed by atoms with E-state index in [1.165, 1.54) is 11.6 Å². The van der Waals surface area contributed by atoms with Gasteiger partial charge in [-0.1, -0.05) is 42.5 Å². The molecule has 0 N–H and O–H groups in total. The van der Waals surface area contributed by atoms with Crippen molar-refractivity contribution in [2.75, 3.05) is 0 Å². The molecule has 2 aromatic carbocycles.